The number of methoxy groups -OCH3 is 2. The maximum Gasteiger partial charge on any atom is 0.186 e. The molecule has 13 heavy (non-hydrogen) atoms. The smallest absolute Gasteiger partial charge is 0.186 e. The molecule has 0 aliphatic heterocycles. The van der Waals surface area contributed by atoms with E-state index in [4.69, 9.17) is 15.2 Å². The summed E-state index contributed by atoms with van der Waals surface area (Å²) in [6.07, 6.45) is -0.705. The van der Waals surface area contributed by atoms with Gasteiger partial charge in [0.25, 0.3) is 0 Å². The van der Waals surface area contributed by atoms with Crippen molar-refractivity contribution in [2.45, 2.75) is 6.29 Å². The maximum atomic E-state index is 13.2. The van der Waals surface area contributed by atoms with E-state index in [-0.39, 0.29) is 5.82 Å². The topological polar surface area (TPSA) is 44.5 Å². The monoisotopic (exact) mass is 185 g/mol. The van der Waals surface area contributed by atoms with Crippen molar-refractivity contribution in [2.75, 3.05) is 20.0 Å². The zero-order valence-corrected chi connectivity index (χ0v) is 7.58. The fourth-order valence-corrected chi connectivity index (χ4v) is 1.09. The highest BCUT2D eigenvalue weighted by atomic mass is 19.1. The van der Waals surface area contributed by atoms with Gasteiger partial charge in [-0.3, -0.25) is 0 Å². The van der Waals surface area contributed by atoms with Crippen LogP contribution in [0.2, 0.25) is 0 Å². The molecule has 1 rings (SSSR count). The molecule has 0 aromatic heterocycles. The highest BCUT2D eigenvalue weighted by Crippen LogP contribution is 2.22. The molecule has 3 nitrogen and oxygen atoms in total. The molecular formula is C9H12FNO2. The number of anilines is 1. The van der Waals surface area contributed by atoms with E-state index in [0.29, 0.717) is 11.3 Å². The summed E-state index contributed by atoms with van der Waals surface area (Å²) in [7, 11) is 2.88. The molecular weight excluding hydrogens is 173 g/mol. The molecule has 0 bridgehead atoms. The Kier molecular flexibility index (Phi) is 3.22. The summed E-state index contributed by atoms with van der Waals surface area (Å²) in [5.74, 6) is -0.386. The molecule has 0 aliphatic rings. The molecule has 4 heteroatoms. The SMILES string of the molecule is COC(OC)c1cc(N)ccc1F. The van der Waals surface area contributed by atoms with E-state index < -0.39 is 6.29 Å². The highest BCUT2D eigenvalue weighted by Gasteiger charge is 2.13. The van der Waals surface area contributed by atoms with Gasteiger partial charge in [-0.15, -0.1) is 0 Å². The Morgan fingerprint density at radius 3 is 2.46 bits per heavy atom. The summed E-state index contributed by atoms with van der Waals surface area (Å²) < 4.78 is 23.0. The van der Waals surface area contributed by atoms with Crippen LogP contribution >= 0.6 is 0 Å². The fraction of sp³-hybridized carbons (Fsp3) is 0.333. The van der Waals surface area contributed by atoms with Gasteiger partial charge >= 0.3 is 0 Å². The Bertz CT molecular complexity index is 287. The number of rotatable bonds is 3. The molecule has 0 saturated heterocycles. The number of ether oxygens (including phenoxy) is 2. The van der Waals surface area contributed by atoms with E-state index in [1.807, 2.05) is 0 Å². The second kappa shape index (κ2) is 4.20. The van der Waals surface area contributed by atoms with Crippen molar-refractivity contribution in [3.05, 3.63) is 29.6 Å². The van der Waals surface area contributed by atoms with Crippen molar-refractivity contribution in [1.82, 2.24) is 0 Å². The molecule has 0 amide bonds. The minimum absolute atomic E-state index is 0.310. The van der Waals surface area contributed by atoms with Crippen molar-refractivity contribution >= 4 is 5.69 Å². The van der Waals surface area contributed by atoms with Crippen molar-refractivity contribution in [3.63, 3.8) is 0 Å². The van der Waals surface area contributed by atoms with Gasteiger partial charge in [0.15, 0.2) is 6.29 Å². The van der Waals surface area contributed by atoms with Gasteiger partial charge in [0.1, 0.15) is 5.82 Å². The Labute approximate surface area is 76.3 Å². The first-order valence-electron chi connectivity index (χ1n) is 3.79. The maximum absolute atomic E-state index is 13.2. The molecule has 0 aliphatic carbocycles. The van der Waals surface area contributed by atoms with Crippen molar-refractivity contribution < 1.29 is 13.9 Å². The van der Waals surface area contributed by atoms with E-state index in [2.05, 4.69) is 0 Å². The van der Waals surface area contributed by atoms with E-state index in [9.17, 15) is 4.39 Å². The zero-order chi connectivity index (χ0) is 9.84. The van der Waals surface area contributed by atoms with Gasteiger partial charge in [-0.1, -0.05) is 0 Å². The second-order valence-corrected chi connectivity index (χ2v) is 2.58. The fourth-order valence-electron chi connectivity index (χ4n) is 1.09. The minimum Gasteiger partial charge on any atom is -0.399 e. The number of nitrogen functional groups attached to an aromatic ring is 1. The van der Waals surface area contributed by atoms with Crippen LogP contribution in [0.15, 0.2) is 18.2 Å². The summed E-state index contributed by atoms with van der Waals surface area (Å²) in [4.78, 5) is 0. The third kappa shape index (κ3) is 2.17. The van der Waals surface area contributed by atoms with Crippen LogP contribution in [-0.4, -0.2) is 14.2 Å². The summed E-state index contributed by atoms with van der Waals surface area (Å²) in [6, 6.07) is 4.27. The van der Waals surface area contributed by atoms with E-state index >= 15 is 0 Å². The molecule has 0 fully saturated rings. The third-order valence-corrected chi connectivity index (χ3v) is 1.70. The predicted octanol–water partition coefficient (Wildman–Crippen LogP) is 1.70. The van der Waals surface area contributed by atoms with Crippen LogP contribution in [0.5, 0.6) is 0 Å². The lowest BCUT2D eigenvalue weighted by Gasteiger charge is -2.14. The van der Waals surface area contributed by atoms with Gasteiger partial charge < -0.3 is 15.2 Å². The Morgan fingerprint density at radius 1 is 1.31 bits per heavy atom. The van der Waals surface area contributed by atoms with Gasteiger partial charge in [0, 0.05) is 25.5 Å². The van der Waals surface area contributed by atoms with Crippen molar-refractivity contribution in [1.29, 1.82) is 0 Å². The number of nitrogens with two attached hydrogens (primary N) is 1. The molecule has 0 radical (unpaired) electrons. The summed E-state index contributed by atoms with van der Waals surface area (Å²) in [5.41, 5.74) is 6.29. The lowest BCUT2D eigenvalue weighted by Crippen LogP contribution is -2.06. The average molecular weight is 185 g/mol. The largest absolute Gasteiger partial charge is 0.399 e. The first kappa shape index (κ1) is 9.95. The van der Waals surface area contributed by atoms with Crippen LogP contribution in [0, 0.1) is 5.82 Å². The molecule has 0 heterocycles. The second-order valence-electron chi connectivity index (χ2n) is 2.58. The van der Waals surface area contributed by atoms with Gasteiger partial charge in [-0.25, -0.2) is 4.39 Å². The third-order valence-electron chi connectivity index (χ3n) is 1.70. The first-order valence-corrected chi connectivity index (χ1v) is 3.79. The van der Waals surface area contributed by atoms with E-state index in [0.717, 1.165) is 0 Å². The predicted molar refractivity (Wildman–Crippen MR) is 47.6 cm³/mol. The number of benzene rings is 1. The molecule has 0 atom stereocenters. The lowest BCUT2D eigenvalue weighted by atomic mass is 10.2. The Balaban J connectivity index is 3.03. The summed E-state index contributed by atoms with van der Waals surface area (Å²) in [5, 5.41) is 0. The molecule has 72 valence electrons. The lowest BCUT2D eigenvalue weighted by molar-refractivity contribution is -0.107. The van der Waals surface area contributed by atoms with Crippen LogP contribution in [0.3, 0.4) is 0 Å². The van der Waals surface area contributed by atoms with Crippen LogP contribution < -0.4 is 5.73 Å². The Morgan fingerprint density at radius 2 is 1.92 bits per heavy atom. The van der Waals surface area contributed by atoms with Crippen LogP contribution in [0.25, 0.3) is 0 Å². The quantitative estimate of drug-likeness (QED) is 0.575. The van der Waals surface area contributed by atoms with Gasteiger partial charge in [-0.2, -0.15) is 0 Å². The molecule has 2 N–H and O–H groups in total. The Hall–Kier alpha value is -1.13. The van der Waals surface area contributed by atoms with Crippen LogP contribution in [0.1, 0.15) is 11.9 Å². The van der Waals surface area contributed by atoms with Crippen LogP contribution in [0.4, 0.5) is 10.1 Å². The standard InChI is InChI=1S/C9H12FNO2/c1-12-9(13-2)7-5-6(11)3-4-8(7)10/h3-5,9H,11H2,1-2H3. The minimum atomic E-state index is -0.705. The molecule has 0 saturated carbocycles. The van der Waals surface area contributed by atoms with E-state index in [1.54, 1.807) is 0 Å². The van der Waals surface area contributed by atoms with Crippen molar-refractivity contribution in [2.24, 2.45) is 0 Å². The van der Waals surface area contributed by atoms with E-state index in [1.165, 1.54) is 32.4 Å². The van der Waals surface area contributed by atoms with Gasteiger partial charge in [0.05, 0.1) is 0 Å². The van der Waals surface area contributed by atoms with Crippen molar-refractivity contribution in [3.8, 4) is 0 Å². The zero-order valence-electron chi connectivity index (χ0n) is 7.58. The van der Waals surface area contributed by atoms with Crippen LogP contribution in [-0.2, 0) is 9.47 Å². The highest BCUT2D eigenvalue weighted by molar-refractivity contribution is 5.41. The summed E-state index contributed by atoms with van der Waals surface area (Å²) >= 11 is 0. The number of halogens is 1. The van der Waals surface area contributed by atoms with Gasteiger partial charge in [0.2, 0.25) is 0 Å². The molecule has 0 spiro atoms. The first-order chi connectivity index (χ1) is 6.19. The number of hydrogen-bond donors (Lipinski definition) is 1. The normalized spacial score (nSPS) is 10.8. The average Bonchev–Trinajstić information content (AvgIpc) is 2.13. The molecule has 1 aromatic rings. The number of hydrogen-bond acceptors (Lipinski definition) is 3. The molecule has 0 unspecified atom stereocenters. The van der Waals surface area contributed by atoms with Gasteiger partial charge in [-0.05, 0) is 18.2 Å². The summed E-state index contributed by atoms with van der Waals surface area (Å²) in [6.45, 7) is 0. The molecule has 1 aromatic carbocycles.